The summed E-state index contributed by atoms with van der Waals surface area (Å²) in [7, 11) is 4.40. The van der Waals surface area contributed by atoms with E-state index in [1.165, 1.54) is 22.5 Å². The van der Waals surface area contributed by atoms with Crippen LogP contribution in [0.2, 0.25) is 0 Å². The van der Waals surface area contributed by atoms with Gasteiger partial charge in [-0.2, -0.15) is 0 Å². The van der Waals surface area contributed by atoms with E-state index in [9.17, 15) is 0 Å². The van der Waals surface area contributed by atoms with E-state index in [1.807, 2.05) is 0 Å². The van der Waals surface area contributed by atoms with E-state index in [0.29, 0.717) is 12.1 Å². The van der Waals surface area contributed by atoms with Crippen molar-refractivity contribution in [2.24, 2.45) is 0 Å². The lowest BCUT2D eigenvalue weighted by molar-refractivity contribution is 0.528. The zero-order valence-electron chi connectivity index (χ0n) is 11.2. The molecule has 0 N–H and O–H groups in total. The fourth-order valence-electron chi connectivity index (χ4n) is 2.59. The van der Waals surface area contributed by atoms with Crippen molar-refractivity contribution in [1.29, 1.82) is 0 Å². The average Bonchev–Trinajstić information content (AvgIpc) is 2.27. The SMILES string of the molecule is Cc1ccc2c(c1C)N(C)C(C)C(C)N2C. The number of fused-ring (bicyclic) bond motifs is 1. The van der Waals surface area contributed by atoms with Crippen LogP contribution in [0.1, 0.15) is 25.0 Å². The molecule has 16 heavy (non-hydrogen) atoms. The second-order valence-electron chi connectivity index (χ2n) is 5.08. The molecule has 1 aliphatic heterocycles. The van der Waals surface area contributed by atoms with E-state index in [4.69, 9.17) is 0 Å². The average molecular weight is 218 g/mol. The number of rotatable bonds is 0. The Balaban J connectivity index is 2.63. The molecule has 0 aliphatic carbocycles. The maximum absolute atomic E-state index is 2.42. The first-order valence-corrected chi connectivity index (χ1v) is 6.01. The molecule has 2 heteroatoms. The van der Waals surface area contributed by atoms with Crippen molar-refractivity contribution < 1.29 is 0 Å². The second-order valence-corrected chi connectivity index (χ2v) is 5.08. The summed E-state index contributed by atoms with van der Waals surface area (Å²) in [6, 6.07) is 5.58. The fraction of sp³-hybridized carbons (Fsp3) is 0.571. The Kier molecular flexibility index (Phi) is 2.61. The number of likely N-dealkylation sites (N-methyl/N-ethyl adjacent to an activating group) is 2. The van der Waals surface area contributed by atoms with E-state index in [-0.39, 0.29) is 0 Å². The van der Waals surface area contributed by atoms with Crippen LogP contribution in [-0.4, -0.2) is 26.2 Å². The van der Waals surface area contributed by atoms with Crippen LogP contribution in [0.3, 0.4) is 0 Å². The maximum Gasteiger partial charge on any atom is 0.0636 e. The molecular formula is C14H22N2. The van der Waals surface area contributed by atoms with Gasteiger partial charge in [-0.25, -0.2) is 0 Å². The van der Waals surface area contributed by atoms with Gasteiger partial charge in [0.15, 0.2) is 0 Å². The van der Waals surface area contributed by atoms with Crippen molar-refractivity contribution in [2.75, 3.05) is 23.9 Å². The molecule has 0 fully saturated rings. The Labute approximate surface area is 98.9 Å². The molecule has 2 atom stereocenters. The molecule has 0 saturated carbocycles. The van der Waals surface area contributed by atoms with E-state index in [0.717, 1.165) is 0 Å². The van der Waals surface area contributed by atoms with Crippen LogP contribution in [0.4, 0.5) is 11.4 Å². The van der Waals surface area contributed by atoms with Gasteiger partial charge in [0.2, 0.25) is 0 Å². The van der Waals surface area contributed by atoms with Gasteiger partial charge in [0.25, 0.3) is 0 Å². The van der Waals surface area contributed by atoms with Crippen molar-refractivity contribution in [3.63, 3.8) is 0 Å². The standard InChI is InChI=1S/C14H22N2/c1-9-7-8-13-14(10(9)2)16(6)12(4)11(3)15(13)5/h7-8,11-12H,1-6H3. The van der Waals surface area contributed by atoms with Gasteiger partial charge in [-0.05, 0) is 44.9 Å². The van der Waals surface area contributed by atoms with Gasteiger partial charge in [-0.3, -0.25) is 0 Å². The molecule has 0 amide bonds. The molecule has 1 aromatic rings. The number of benzene rings is 1. The number of hydrogen-bond acceptors (Lipinski definition) is 2. The van der Waals surface area contributed by atoms with Crippen molar-refractivity contribution in [3.8, 4) is 0 Å². The Hall–Kier alpha value is -1.18. The summed E-state index contributed by atoms with van der Waals surface area (Å²) >= 11 is 0. The Morgan fingerprint density at radius 3 is 2.12 bits per heavy atom. The van der Waals surface area contributed by atoms with Crippen LogP contribution < -0.4 is 9.80 Å². The first-order valence-electron chi connectivity index (χ1n) is 6.01. The molecule has 88 valence electrons. The fourth-order valence-corrected chi connectivity index (χ4v) is 2.59. The zero-order valence-corrected chi connectivity index (χ0v) is 11.2. The summed E-state index contributed by atoms with van der Waals surface area (Å²) < 4.78 is 0. The summed E-state index contributed by atoms with van der Waals surface area (Å²) in [6.07, 6.45) is 0. The van der Waals surface area contributed by atoms with Crippen LogP contribution in [0, 0.1) is 13.8 Å². The highest BCUT2D eigenvalue weighted by molar-refractivity contribution is 5.78. The molecule has 1 aromatic carbocycles. The summed E-state index contributed by atoms with van der Waals surface area (Å²) in [5, 5.41) is 0. The summed E-state index contributed by atoms with van der Waals surface area (Å²) in [4.78, 5) is 4.81. The zero-order chi connectivity index (χ0) is 12.0. The minimum atomic E-state index is 0.554. The topological polar surface area (TPSA) is 6.48 Å². The van der Waals surface area contributed by atoms with Gasteiger partial charge in [0.05, 0.1) is 11.4 Å². The number of nitrogens with zero attached hydrogens (tertiary/aromatic N) is 2. The number of hydrogen-bond donors (Lipinski definition) is 0. The lowest BCUT2D eigenvalue weighted by Gasteiger charge is -2.45. The van der Waals surface area contributed by atoms with Gasteiger partial charge in [-0.15, -0.1) is 0 Å². The highest BCUT2D eigenvalue weighted by Gasteiger charge is 2.31. The molecule has 2 nitrogen and oxygen atoms in total. The van der Waals surface area contributed by atoms with Crippen molar-refractivity contribution in [2.45, 2.75) is 39.8 Å². The van der Waals surface area contributed by atoms with Gasteiger partial charge in [0.1, 0.15) is 0 Å². The third-order valence-corrected chi connectivity index (χ3v) is 4.33. The largest absolute Gasteiger partial charge is 0.368 e. The monoisotopic (exact) mass is 218 g/mol. The van der Waals surface area contributed by atoms with Crippen molar-refractivity contribution in [3.05, 3.63) is 23.3 Å². The lowest BCUT2D eigenvalue weighted by Crippen LogP contribution is -2.51. The summed E-state index contributed by atoms with van der Waals surface area (Å²) in [6.45, 7) is 9.00. The quantitative estimate of drug-likeness (QED) is 0.660. The van der Waals surface area contributed by atoms with E-state index in [2.05, 4.69) is 63.7 Å². The number of aryl methyl sites for hydroxylation is 1. The van der Waals surface area contributed by atoms with Gasteiger partial charge in [-0.1, -0.05) is 6.07 Å². The predicted molar refractivity (Wildman–Crippen MR) is 71.6 cm³/mol. The second kappa shape index (κ2) is 3.69. The van der Waals surface area contributed by atoms with Crippen LogP contribution in [0.25, 0.3) is 0 Å². The Bertz CT molecular complexity index is 411. The van der Waals surface area contributed by atoms with Crippen LogP contribution in [-0.2, 0) is 0 Å². The summed E-state index contributed by atoms with van der Waals surface area (Å²) in [5.41, 5.74) is 5.54. The van der Waals surface area contributed by atoms with E-state index < -0.39 is 0 Å². The van der Waals surface area contributed by atoms with Gasteiger partial charge in [0, 0.05) is 26.2 Å². The summed E-state index contributed by atoms with van der Waals surface area (Å²) in [5.74, 6) is 0. The van der Waals surface area contributed by atoms with Crippen molar-refractivity contribution in [1.82, 2.24) is 0 Å². The van der Waals surface area contributed by atoms with Crippen LogP contribution in [0.5, 0.6) is 0 Å². The first-order chi connectivity index (χ1) is 7.45. The predicted octanol–water partition coefficient (Wildman–Crippen LogP) is 2.97. The maximum atomic E-state index is 2.42. The van der Waals surface area contributed by atoms with Crippen LogP contribution in [0.15, 0.2) is 12.1 Å². The molecule has 1 heterocycles. The minimum absolute atomic E-state index is 0.554. The highest BCUT2D eigenvalue weighted by Crippen LogP contribution is 2.39. The molecular weight excluding hydrogens is 196 g/mol. The van der Waals surface area contributed by atoms with Crippen LogP contribution >= 0.6 is 0 Å². The molecule has 1 aliphatic rings. The van der Waals surface area contributed by atoms with Crippen molar-refractivity contribution >= 4 is 11.4 Å². The van der Waals surface area contributed by atoms with Gasteiger partial charge >= 0.3 is 0 Å². The molecule has 0 radical (unpaired) electrons. The Morgan fingerprint density at radius 1 is 0.938 bits per heavy atom. The highest BCUT2D eigenvalue weighted by atomic mass is 15.3. The molecule has 2 unspecified atom stereocenters. The lowest BCUT2D eigenvalue weighted by atomic mass is 9.97. The Morgan fingerprint density at radius 2 is 1.50 bits per heavy atom. The first kappa shape index (κ1) is 11.3. The molecule has 0 aromatic heterocycles. The third kappa shape index (κ3) is 1.40. The molecule has 2 rings (SSSR count). The molecule has 0 spiro atoms. The van der Waals surface area contributed by atoms with Gasteiger partial charge < -0.3 is 9.80 Å². The third-order valence-electron chi connectivity index (χ3n) is 4.33. The number of anilines is 2. The molecule has 0 saturated heterocycles. The van der Waals surface area contributed by atoms with E-state index >= 15 is 0 Å². The smallest absolute Gasteiger partial charge is 0.0636 e. The minimum Gasteiger partial charge on any atom is -0.368 e. The van der Waals surface area contributed by atoms with E-state index in [1.54, 1.807) is 0 Å². The molecule has 0 bridgehead atoms. The normalized spacial score (nSPS) is 24.6.